The molecule has 0 aliphatic heterocycles. The van der Waals surface area contributed by atoms with Crippen LogP contribution in [0.25, 0.3) is 0 Å². The first-order valence-corrected chi connectivity index (χ1v) is 5.62. The molecule has 88 valence electrons. The maximum absolute atomic E-state index is 11.6. The standard InChI is InChI=1S/C13H17ClO2/c1-9-5-6-11(14)7-10(9)8-12(15)16-13(2,3)4/h5-7H,8H2,1-4H3. The highest BCUT2D eigenvalue weighted by atomic mass is 35.5. The number of rotatable bonds is 2. The van der Waals surface area contributed by atoms with Gasteiger partial charge >= 0.3 is 5.97 Å². The number of carbonyl (C=O) groups is 1. The predicted molar refractivity (Wildman–Crippen MR) is 65.7 cm³/mol. The van der Waals surface area contributed by atoms with Gasteiger partial charge in [-0.25, -0.2) is 0 Å². The van der Waals surface area contributed by atoms with Crippen molar-refractivity contribution in [2.75, 3.05) is 0 Å². The van der Waals surface area contributed by atoms with E-state index in [1.807, 2.05) is 39.8 Å². The van der Waals surface area contributed by atoms with Crippen LogP contribution in [0.3, 0.4) is 0 Å². The largest absolute Gasteiger partial charge is 0.460 e. The van der Waals surface area contributed by atoms with E-state index in [-0.39, 0.29) is 12.4 Å². The van der Waals surface area contributed by atoms with Gasteiger partial charge in [-0.1, -0.05) is 17.7 Å². The highest BCUT2D eigenvalue weighted by molar-refractivity contribution is 6.30. The molecule has 0 amide bonds. The number of hydrogen-bond donors (Lipinski definition) is 0. The maximum atomic E-state index is 11.6. The second-order valence-corrected chi connectivity index (χ2v) is 5.27. The van der Waals surface area contributed by atoms with Crippen LogP contribution in [0, 0.1) is 6.92 Å². The lowest BCUT2D eigenvalue weighted by Gasteiger charge is -2.19. The molecule has 0 aromatic heterocycles. The van der Waals surface area contributed by atoms with Gasteiger partial charge in [0.05, 0.1) is 6.42 Å². The van der Waals surface area contributed by atoms with Crippen LogP contribution >= 0.6 is 11.6 Å². The van der Waals surface area contributed by atoms with Crippen molar-refractivity contribution in [3.05, 3.63) is 34.3 Å². The Kier molecular flexibility index (Phi) is 3.98. The van der Waals surface area contributed by atoms with Crippen molar-refractivity contribution in [2.45, 2.75) is 39.7 Å². The number of aryl methyl sites for hydroxylation is 1. The fourth-order valence-electron chi connectivity index (χ4n) is 1.36. The summed E-state index contributed by atoms with van der Waals surface area (Å²) in [6.45, 7) is 7.53. The van der Waals surface area contributed by atoms with Crippen LogP contribution in [-0.2, 0) is 16.0 Å². The monoisotopic (exact) mass is 240 g/mol. The predicted octanol–water partition coefficient (Wildman–Crippen LogP) is 3.53. The summed E-state index contributed by atoms with van der Waals surface area (Å²) < 4.78 is 5.25. The summed E-state index contributed by atoms with van der Waals surface area (Å²) in [6, 6.07) is 5.53. The molecule has 0 atom stereocenters. The first-order valence-electron chi connectivity index (χ1n) is 5.25. The third kappa shape index (κ3) is 4.23. The molecule has 0 N–H and O–H groups in total. The molecule has 0 saturated heterocycles. The molecule has 0 unspecified atom stereocenters. The number of benzene rings is 1. The van der Waals surface area contributed by atoms with Crippen LogP contribution in [-0.4, -0.2) is 11.6 Å². The van der Waals surface area contributed by atoms with E-state index in [2.05, 4.69) is 0 Å². The number of ether oxygens (including phenoxy) is 1. The summed E-state index contributed by atoms with van der Waals surface area (Å²) >= 11 is 5.88. The zero-order chi connectivity index (χ0) is 12.3. The van der Waals surface area contributed by atoms with Crippen molar-refractivity contribution in [2.24, 2.45) is 0 Å². The second kappa shape index (κ2) is 4.88. The molecule has 2 nitrogen and oxygen atoms in total. The van der Waals surface area contributed by atoms with Gasteiger partial charge in [-0.15, -0.1) is 0 Å². The Morgan fingerprint density at radius 2 is 2.00 bits per heavy atom. The van der Waals surface area contributed by atoms with Gasteiger partial charge in [-0.3, -0.25) is 4.79 Å². The Hall–Kier alpha value is -1.02. The Morgan fingerprint density at radius 3 is 2.56 bits per heavy atom. The van der Waals surface area contributed by atoms with Crippen molar-refractivity contribution in [1.29, 1.82) is 0 Å². The molecule has 0 aliphatic rings. The fraction of sp³-hybridized carbons (Fsp3) is 0.462. The van der Waals surface area contributed by atoms with Gasteiger partial charge in [0.15, 0.2) is 0 Å². The molecule has 0 spiro atoms. The summed E-state index contributed by atoms with van der Waals surface area (Å²) in [7, 11) is 0. The third-order valence-corrected chi connectivity index (χ3v) is 2.30. The van der Waals surface area contributed by atoms with Gasteiger partial charge in [-0.2, -0.15) is 0 Å². The van der Waals surface area contributed by atoms with E-state index in [0.717, 1.165) is 11.1 Å². The smallest absolute Gasteiger partial charge is 0.310 e. The van der Waals surface area contributed by atoms with E-state index < -0.39 is 5.60 Å². The van der Waals surface area contributed by atoms with Gasteiger partial charge in [0.25, 0.3) is 0 Å². The van der Waals surface area contributed by atoms with E-state index in [4.69, 9.17) is 16.3 Å². The van der Waals surface area contributed by atoms with Crippen molar-refractivity contribution < 1.29 is 9.53 Å². The summed E-state index contributed by atoms with van der Waals surface area (Å²) in [5.41, 5.74) is 1.53. The molecule has 0 bridgehead atoms. The average molecular weight is 241 g/mol. The Balaban J connectivity index is 2.73. The molecule has 0 fully saturated rings. The van der Waals surface area contributed by atoms with E-state index in [1.54, 1.807) is 6.07 Å². The molecular formula is C13H17ClO2. The van der Waals surface area contributed by atoms with Crippen molar-refractivity contribution >= 4 is 17.6 Å². The number of esters is 1. The first-order chi connectivity index (χ1) is 7.28. The molecular weight excluding hydrogens is 224 g/mol. The van der Waals surface area contributed by atoms with Crippen LogP contribution < -0.4 is 0 Å². The van der Waals surface area contributed by atoms with Crippen LogP contribution in [0.15, 0.2) is 18.2 Å². The summed E-state index contributed by atoms with van der Waals surface area (Å²) in [5.74, 6) is -0.224. The molecule has 0 radical (unpaired) electrons. The van der Waals surface area contributed by atoms with Gasteiger partial charge in [0.1, 0.15) is 5.60 Å². The summed E-state index contributed by atoms with van der Waals surface area (Å²) in [6.07, 6.45) is 0.268. The molecule has 0 heterocycles. The lowest BCUT2D eigenvalue weighted by Crippen LogP contribution is -2.25. The highest BCUT2D eigenvalue weighted by Gasteiger charge is 2.17. The van der Waals surface area contributed by atoms with E-state index >= 15 is 0 Å². The molecule has 3 heteroatoms. The van der Waals surface area contributed by atoms with Gasteiger partial charge in [0.2, 0.25) is 0 Å². The maximum Gasteiger partial charge on any atom is 0.310 e. The minimum atomic E-state index is -0.441. The SMILES string of the molecule is Cc1ccc(Cl)cc1CC(=O)OC(C)(C)C. The number of hydrogen-bond acceptors (Lipinski definition) is 2. The molecule has 16 heavy (non-hydrogen) atoms. The van der Waals surface area contributed by atoms with Crippen molar-refractivity contribution in [3.63, 3.8) is 0 Å². The lowest BCUT2D eigenvalue weighted by atomic mass is 10.1. The molecule has 1 aromatic rings. The highest BCUT2D eigenvalue weighted by Crippen LogP contribution is 2.17. The molecule has 1 aromatic carbocycles. The number of carbonyl (C=O) groups excluding carboxylic acids is 1. The number of halogens is 1. The fourth-order valence-corrected chi connectivity index (χ4v) is 1.56. The topological polar surface area (TPSA) is 26.3 Å². The molecule has 0 saturated carbocycles. The van der Waals surface area contributed by atoms with Crippen molar-refractivity contribution in [3.8, 4) is 0 Å². The Labute approximate surface area is 102 Å². The van der Waals surface area contributed by atoms with Crippen LogP contribution in [0.5, 0.6) is 0 Å². The van der Waals surface area contributed by atoms with E-state index in [9.17, 15) is 4.79 Å². The van der Waals surface area contributed by atoms with Gasteiger partial charge in [0, 0.05) is 5.02 Å². The Morgan fingerprint density at radius 1 is 1.38 bits per heavy atom. The van der Waals surface area contributed by atoms with Crippen LogP contribution in [0.2, 0.25) is 5.02 Å². The molecule has 1 rings (SSSR count). The normalized spacial score (nSPS) is 11.3. The zero-order valence-corrected chi connectivity index (χ0v) is 10.9. The van der Waals surface area contributed by atoms with Crippen LogP contribution in [0.4, 0.5) is 0 Å². The summed E-state index contributed by atoms with van der Waals surface area (Å²) in [4.78, 5) is 11.6. The Bertz CT molecular complexity index is 391. The van der Waals surface area contributed by atoms with Crippen LogP contribution in [0.1, 0.15) is 31.9 Å². The van der Waals surface area contributed by atoms with E-state index in [0.29, 0.717) is 5.02 Å². The quantitative estimate of drug-likeness (QED) is 0.740. The minimum absolute atomic E-state index is 0.224. The molecule has 0 aliphatic carbocycles. The van der Waals surface area contributed by atoms with Crippen molar-refractivity contribution in [1.82, 2.24) is 0 Å². The second-order valence-electron chi connectivity index (χ2n) is 4.83. The zero-order valence-electron chi connectivity index (χ0n) is 10.1. The van der Waals surface area contributed by atoms with Gasteiger partial charge < -0.3 is 4.74 Å². The summed E-state index contributed by atoms with van der Waals surface area (Å²) in [5, 5.41) is 0.643. The van der Waals surface area contributed by atoms with E-state index in [1.165, 1.54) is 0 Å². The average Bonchev–Trinajstić information content (AvgIpc) is 2.08. The minimum Gasteiger partial charge on any atom is -0.460 e. The van der Waals surface area contributed by atoms with Gasteiger partial charge in [-0.05, 0) is 51.0 Å². The lowest BCUT2D eigenvalue weighted by molar-refractivity contribution is -0.153. The third-order valence-electron chi connectivity index (χ3n) is 2.07. The first kappa shape index (κ1) is 13.0.